The van der Waals surface area contributed by atoms with E-state index in [1.54, 1.807) is 6.07 Å². The third-order valence-electron chi connectivity index (χ3n) is 3.17. The number of rotatable bonds is 3. The van der Waals surface area contributed by atoms with E-state index in [4.69, 9.17) is 5.73 Å². The molecule has 1 aliphatic carbocycles. The van der Waals surface area contributed by atoms with E-state index in [0.29, 0.717) is 16.4 Å². The van der Waals surface area contributed by atoms with Crippen LogP contribution in [0.25, 0.3) is 0 Å². The summed E-state index contributed by atoms with van der Waals surface area (Å²) in [6.45, 7) is 0.209. The fourth-order valence-electron chi connectivity index (χ4n) is 2.28. The van der Waals surface area contributed by atoms with Crippen LogP contribution in [0.4, 0.5) is 11.8 Å². The van der Waals surface area contributed by atoms with E-state index < -0.39 is 0 Å². The number of aliphatic hydroxyl groups excluding tert-OH is 1. The van der Waals surface area contributed by atoms with Crippen LogP contribution in [0.5, 0.6) is 0 Å². The van der Waals surface area contributed by atoms with Crippen molar-refractivity contribution in [3.8, 4) is 0 Å². The van der Waals surface area contributed by atoms with Crippen molar-refractivity contribution in [3.63, 3.8) is 0 Å². The van der Waals surface area contributed by atoms with Crippen LogP contribution in [0.15, 0.2) is 10.7 Å². The zero-order chi connectivity index (χ0) is 12.3. The van der Waals surface area contributed by atoms with Crippen molar-refractivity contribution >= 4 is 27.7 Å². The Hall–Kier alpha value is -0.880. The quantitative estimate of drug-likeness (QED) is 0.741. The van der Waals surface area contributed by atoms with Crippen molar-refractivity contribution < 1.29 is 5.11 Å². The minimum absolute atomic E-state index is 0.209. The van der Waals surface area contributed by atoms with Crippen molar-refractivity contribution in [1.29, 1.82) is 0 Å². The maximum Gasteiger partial charge on any atom is 0.225 e. The minimum Gasteiger partial charge on any atom is -0.396 e. The average Bonchev–Trinajstić information content (AvgIpc) is 2.28. The van der Waals surface area contributed by atoms with Crippen LogP contribution >= 0.6 is 15.9 Å². The summed E-state index contributed by atoms with van der Waals surface area (Å²) in [6, 6.07) is 1.90. The fourth-order valence-corrected chi connectivity index (χ4v) is 2.68. The standard InChI is InChI=1S/C11H17BrN4O/c12-9-5-10(13)16-11(15-9)14-8-4-2-1-3-7(8)6-17/h5,7-8,17H,1-4,6H2,(H3,13,14,15,16). The van der Waals surface area contributed by atoms with Crippen LogP contribution in [0, 0.1) is 5.92 Å². The number of nitrogens with zero attached hydrogens (tertiary/aromatic N) is 2. The Morgan fingerprint density at radius 3 is 2.88 bits per heavy atom. The zero-order valence-corrected chi connectivity index (χ0v) is 11.2. The summed E-state index contributed by atoms with van der Waals surface area (Å²) in [4.78, 5) is 8.37. The van der Waals surface area contributed by atoms with Gasteiger partial charge in [-0.25, -0.2) is 4.98 Å². The van der Waals surface area contributed by atoms with Crippen LogP contribution in [0.1, 0.15) is 25.7 Å². The predicted octanol–water partition coefficient (Wildman–Crippen LogP) is 1.78. The Labute approximate surface area is 109 Å². The molecule has 6 heteroatoms. The Morgan fingerprint density at radius 1 is 1.41 bits per heavy atom. The third kappa shape index (κ3) is 3.29. The van der Waals surface area contributed by atoms with Gasteiger partial charge in [-0.3, -0.25) is 0 Å². The van der Waals surface area contributed by atoms with Gasteiger partial charge in [0, 0.05) is 24.6 Å². The van der Waals surface area contributed by atoms with E-state index >= 15 is 0 Å². The predicted molar refractivity (Wildman–Crippen MR) is 70.6 cm³/mol. The molecule has 1 aromatic rings. The van der Waals surface area contributed by atoms with Gasteiger partial charge < -0.3 is 16.2 Å². The minimum atomic E-state index is 0.209. The van der Waals surface area contributed by atoms with Crippen LogP contribution in [-0.2, 0) is 0 Å². The number of aliphatic hydroxyl groups is 1. The highest BCUT2D eigenvalue weighted by Crippen LogP contribution is 2.26. The van der Waals surface area contributed by atoms with Gasteiger partial charge in [0.25, 0.3) is 0 Å². The van der Waals surface area contributed by atoms with E-state index in [1.165, 1.54) is 12.8 Å². The lowest BCUT2D eigenvalue weighted by Crippen LogP contribution is -2.35. The molecule has 94 valence electrons. The number of nitrogens with one attached hydrogen (secondary N) is 1. The summed E-state index contributed by atoms with van der Waals surface area (Å²) in [5.41, 5.74) is 5.66. The van der Waals surface area contributed by atoms with E-state index in [0.717, 1.165) is 12.8 Å². The second-order valence-corrected chi connectivity index (χ2v) is 5.23. The molecule has 2 atom stereocenters. The number of hydrogen-bond donors (Lipinski definition) is 3. The van der Waals surface area contributed by atoms with Crippen molar-refractivity contribution in [3.05, 3.63) is 10.7 Å². The van der Waals surface area contributed by atoms with Crippen LogP contribution in [0.2, 0.25) is 0 Å². The van der Waals surface area contributed by atoms with Gasteiger partial charge in [-0.05, 0) is 28.8 Å². The van der Waals surface area contributed by atoms with Crippen LogP contribution in [0.3, 0.4) is 0 Å². The Balaban J connectivity index is 2.08. The zero-order valence-electron chi connectivity index (χ0n) is 9.56. The van der Waals surface area contributed by atoms with Crippen molar-refractivity contribution in [2.45, 2.75) is 31.7 Å². The second-order valence-electron chi connectivity index (χ2n) is 4.42. The molecule has 0 radical (unpaired) electrons. The lowest BCUT2D eigenvalue weighted by atomic mass is 9.85. The highest BCUT2D eigenvalue weighted by atomic mass is 79.9. The van der Waals surface area contributed by atoms with E-state index in [9.17, 15) is 5.11 Å². The number of nitrogens with two attached hydrogens (primary N) is 1. The molecular formula is C11H17BrN4O. The summed E-state index contributed by atoms with van der Waals surface area (Å²) in [5, 5.41) is 12.6. The molecule has 1 fully saturated rings. The van der Waals surface area contributed by atoms with Crippen molar-refractivity contribution in [1.82, 2.24) is 9.97 Å². The second kappa shape index (κ2) is 5.64. The molecular weight excluding hydrogens is 284 g/mol. The molecule has 1 saturated carbocycles. The van der Waals surface area contributed by atoms with Gasteiger partial charge in [-0.2, -0.15) is 4.98 Å². The molecule has 1 aromatic heterocycles. The first-order valence-corrected chi connectivity index (χ1v) is 6.66. The SMILES string of the molecule is Nc1cc(Br)nc(NC2CCCCC2CO)n1. The van der Waals surface area contributed by atoms with E-state index in [2.05, 4.69) is 31.2 Å². The lowest BCUT2D eigenvalue weighted by molar-refractivity contribution is 0.178. The van der Waals surface area contributed by atoms with Crippen LogP contribution in [-0.4, -0.2) is 27.7 Å². The normalized spacial score (nSPS) is 24.6. The largest absolute Gasteiger partial charge is 0.396 e. The third-order valence-corrected chi connectivity index (χ3v) is 3.58. The molecule has 17 heavy (non-hydrogen) atoms. The maximum atomic E-state index is 9.33. The van der Waals surface area contributed by atoms with Crippen LogP contribution < -0.4 is 11.1 Å². The molecule has 2 rings (SSSR count). The van der Waals surface area contributed by atoms with Gasteiger partial charge in [0.1, 0.15) is 10.4 Å². The summed E-state index contributed by atoms with van der Waals surface area (Å²) >= 11 is 3.29. The lowest BCUT2D eigenvalue weighted by Gasteiger charge is -2.30. The molecule has 0 saturated heterocycles. The molecule has 0 bridgehead atoms. The molecule has 0 amide bonds. The van der Waals surface area contributed by atoms with E-state index in [1.807, 2.05) is 0 Å². The first-order valence-electron chi connectivity index (χ1n) is 5.86. The van der Waals surface area contributed by atoms with E-state index in [-0.39, 0.29) is 18.6 Å². The van der Waals surface area contributed by atoms with Gasteiger partial charge >= 0.3 is 0 Å². The molecule has 0 aliphatic heterocycles. The summed E-state index contributed by atoms with van der Waals surface area (Å²) in [7, 11) is 0. The van der Waals surface area contributed by atoms with Gasteiger partial charge in [0.2, 0.25) is 5.95 Å². The van der Waals surface area contributed by atoms with Gasteiger partial charge in [0.15, 0.2) is 0 Å². The van der Waals surface area contributed by atoms with Gasteiger partial charge in [-0.1, -0.05) is 12.8 Å². The molecule has 0 spiro atoms. The van der Waals surface area contributed by atoms with Crippen molar-refractivity contribution in [2.75, 3.05) is 17.7 Å². The summed E-state index contributed by atoms with van der Waals surface area (Å²) in [5.74, 6) is 1.25. The number of aromatic nitrogens is 2. The molecule has 2 unspecified atom stereocenters. The molecule has 4 N–H and O–H groups in total. The Bertz CT molecular complexity index is 367. The Kier molecular flexibility index (Phi) is 4.17. The molecule has 1 aliphatic rings. The monoisotopic (exact) mass is 300 g/mol. The topological polar surface area (TPSA) is 84.1 Å². The molecule has 0 aromatic carbocycles. The number of nitrogen functional groups attached to an aromatic ring is 1. The first-order chi connectivity index (χ1) is 8.19. The highest BCUT2D eigenvalue weighted by molar-refractivity contribution is 9.10. The molecule has 5 nitrogen and oxygen atoms in total. The van der Waals surface area contributed by atoms with Gasteiger partial charge in [-0.15, -0.1) is 0 Å². The van der Waals surface area contributed by atoms with Crippen molar-refractivity contribution in [2.24, 2.45) is 5.92 Å². The number of hydrogen-bond acceptors (Lipinski definition) is 5. The smallest absolute Gasteiger partial charge is 0.225 e. The average molecular weight is 301 g/mol. The maximum absolute atomic E-state index is 9.33. The van der Waals surface area contributed by atoms with Gasteiger partial charge in [0.05, 0.1) is 0 Å². The first kappa shape index (κ1) is 12.6. The Morgan fingerprint density at radius 2 is 2.18 bits per heavy atom. The highest BCUT2D eigenvalue weighted by Gasteiger charge is 2.25. The number of halogens is 1. The summed E-state index contributed by atoms with van der Waals surface area (Å²) in [6.07, 6.45) is 4.46. The molecule has 1 heterocycles. The summed E-state index contributed by atoms with van der Waals surface area (Å²) < 4.78 is 0.670. The number of anilines is 2. The fraction of sp³-hybridized carbons (Fsp3) is 0.636.